The number of imidazole rings is 1. The van der Waals surface area contributed by atoms with E-state index in [1.54, 1.807) is 41.3 Å². The molecule has 2 saturated heterocycles. The molecule has 2 aliphatic heterocycles. The van der Waals surface area contributed by atoms with Crippen molar-refractivity contribution in [3.63, 3.8) is 0 Å². The van der Waals surface area contributed by atoms with Crippen LogP contribution in [0, 0.1) is 0 Å². The largest absolute Gasteiger partial charge is 0.444 e. The summed E-state index contributed by atoms with van der Waals surface area (Å²) >= 11 is 0. The summed E-state index contributed by atoms with van der Waals surface area (Å²) in [6.45, 7) is 6.79. The maximum atomic E-state index is 15.7. The van der Waals surface area contributed by atoms with Gasteiger partial charge >= 0.3 is 17.9 Å². The van der Waals surface area contributed by atoms with E-state index < -0.39 is 34.7 Å². The maximum absolute atomic E-state index is 15.7. The van der Waals surface area contributed by atoms with Crippen LogP contribution in [0.3, 0.4) is 0 Å². The molecule has 0 spiro atoms. The van der Waals surface area contributed by atoms with E-state index in [1.165, 1.54) is 18.2 Å². The van der Waals surface area contributed by atoms with Gasteiger partial charge in [0.05, 0.1) is 17.1 Å². The minimum absolute atomic E-state index is 0.110. The number of nitrogens with zero attached hydrogens (tertiary/aromatic N) is 2. The molecule has 2 N–H and O–H groups in total. The van der Waals surface area contributed by atoms with Gasteiger partial charge in [-0.3, -0.25) is 4.90 Å². The molecule has 3 aromatic carbocycles. The third-order valence-corrected chi connectivity index (χ3v) is 8.92. The van der Waals surface area contributed by atoms with Crippen LogP contribution in [0.2, 0.25) is 0 Å². The molecule has 1 amide bonds. The molecule has 44 heavy (non-hydrogen) atoms. The second-order valence-corrected chi connectivity index (χ2v) is 13.0. The van der Waals surface area contributed by atoms with E-state index in [1.807, 2.05) is 20.8 Å². The van der Waals surface area contributed by atoms with Crippen molar-refractivity contribution < 1.29 is 27.1 Å². The topological polar surface area (TPSA) is 70.2 Å². The first kappa shape index (κ1) is 28.8. The Labute approximate surface area is 252 Å². The molecule has 7 rings (SSSR count). The predicted octanol–water partition coefficient (Wildman–Crippen LogP) is 8.59. The second-order valence-electron chi connectivity index (χ2n) is 13.0. The van der Waals surface area contributed by atoms with E-state index in [0.29, 0.717) is 40.1 Å². The van der Waals surface area contributed by atoms with Gasteiger partial charge < -0.3 is 15.0 Å². The summed E-state index contributed by atoms with van der Waals surface area (Å²) in [7, 11) is 0. The van der Waals surface area contributed by atoms with E-state index in [0.717, 1.165) is 32.2 Å². The fourth-order valence-corrected chi connectivity index (χ4v) is 6.76. The summed E-state index contributed by atoms with van der Waals surface area (Å²) in [5.74, 6) is -8.15. The van der Waals surface area contributed by atoms with Crippen molar-refractivity contribution in [2.45, 2.75) is 76.0 Å². The number of halogens is 4. The van der Waals surface area contributed by atoms with Crippen LogP contribution in [0.4, 0.5) is 22.4 Å². The summed E-state index contributed by atoms with van der Waals surface area (Å²) < 4.78 is 68.1. The molecule has 0 saturated carbocycles. The van der Waals surface area contributed by atoms with Crippen LogP contribution >= 0.6 is 0 Å². The molecule has 10 heteroatoms. The van der Waals surface area contributed by atoms with Crippen LogP contribution in [0.5, 0.6) is 0 Å². The number of hydrogen-bond donors (Lipinski definition) is 2. The fraction of sp³-hybridized carbons (Fsp3) is 0.412. The number of H-pyrrole nitrogens is 1. The first-order chi connectivity index (χ1) is 20.8. The van der Waals surface area contributed by atoms with E-state index in [4.69, 9.17) is 9.72 Å². The van der Waals surface area contributed by atoms with Crippen molar-refractivity contribution in [3.05, 3.63) is 77.1 Å². The van der Waals surface area contributed by atoms with E-state index in [9.17, 15) is 4.79 Å². The first-order valence-electron chi connectivity index (χ1n) is 15.1. The Morgan fingerprint density at radius 3 is 2.30 bits per heavy atom. The Balaban J connectivity index is 1.23. The van der Waals surface area contributed by atoms with Gasteiger partial charge in [-0.15, -0.1) is 0 Å². The first-order valence-corrected chi connectivity index (χ1v) is 15.1. The highest BCUT2D eigenvalue weighted by molar-refractivity contribution is 5.85. The number of aromatic amines is 1. The fourth-order valence-electron chi connectivity index (χ4n) is 6.76. The number of alkyl halides is 4. The quantitative estimate of drug-likeness (QED) is 0.229. The van der Waals surface area contributed by atoms with Gasteiger partial charge in [-0.1, -0.05) is 30.3 Å². The SMILES string of the molecule is CC(C)(C)OC(=O)N1CCC[C@H]1c1nc2ccc(-c3ccc4c(c3)C(F)(F)C(F)(F)c3cc(C5CCCN5)ccc3-4)cc2[nH]1. The van der Waals surface area contributed by atoms with Gasteiger partial charge in [0.1, 0.15) is 11.4 Å². The van der Waals surface area contributed by atoms with Gasteiger partial charge in [0, 0.05) is 23.7 Å². The van der Waals surface area contributed by atoms with Crippen molar-refractivity contribution in [1.82, 2.24) is 20.2 Å². The highest BCUT2D eigenvalue weighted by Crippen LogP contribution is 2.58. The van der Waals surface area contributed by atoms with Gasteiger partial charge in [-0.25, -0.2) is 9.78 Å². The molecule has 1 aliphatic carbocycles. The molecule has 3 heterocycles. The Bertz CT molecular complexity index is 1770. The van der Waals surface area contributed by atoms with Crippen LogP contribution < -0.4 is 5.32 Å². The molecule has 0 radical (unpaired) electrons. The molecular weight excluding hydrogens is 572 g/mol. The van der Waals surface area contributed by atoms with Gasteiger partial charge in [0.25, 0.3) is 0 Å². The van der Waals surface area contributed by atoms with Crippen molar-refractivity contribution >= 4 is 17.1 Å². The number of carbonyl (C=O) groups excluding carboxylic acids is 1. The minimum Gasteiger partial charge on any atom is -0.444 e. The normalized spacial score (nSPS) is 22.2. The number of ether oxygens (including phenoxy) is 1. The minimum atomic E-state index is -4.40. The van der Waals surface area contributed by atoms with E-state index in [-0.39, 0.29) is 23.2 Å². The zero-order valence-electron chi connectivity index (χ0n) is 24.8. The van der Waals surface area contributed by atoms with Crippen molar-refractivity contribution in [2.24, 2.45) is 0 Å². The number of aromatic nitrogens is 2. The molecule has 6 nitrogen and oxygen atoms in total. The van der Waals surface area contributed by atoms with Gasteiger partial charge in [0.15, 0.2) is 0 Å². The van der Waals surface area contributed by atoms with E-state index >= 15 is 17.6 Å². The Kier molecular flexibility index (Phi) is 6.59. The summed E-state index contributed by atoms with van der Waals surface area (Å²) in [5.41, 5.74) is 1.18. The lowest BCUT2D eigenvalue weighted by atomic mass is 9.78. The van der Waals surface area contributed by atoms with Gasteiger partial charge in [-0.05, 0) is 105 Å². The summed E-state index contributed by atoms with van der Waals surface area (Å²) in [6, 6.07) is 13.8. The molecule has 4 aromatic rings. The lowest BCUT2D eigenvalue weighted by Gasteiger charge is -2.35. The van der Waals surface area contributed by atoms with E-state index in [2.05, 4.69) is 10.3 Å². The summed E-state index contributed by atoms with van der Waals surface area (Å²) in [4.78, 5) is 22.5. The van der Waals surface area contributed by atoms with Crippen LogP contribution in [-0.4, -0.2) is 39.7 Å². The molecule has 2 fully saturated rings. The third kappa shape index (κ3) is 4.65. The van der Waals surface area contributed by atoms with Gasteiger partial charge in [0.2, 0.25) is 0 Å². The average Bonchev–Trinajstić information content (AvgIpc) is 3.75. The number of fused-ring (bicyclic) bond motifs is 4. The molecule has 230 valence electrons. The number of nitrogens with one attached hydrogen (secondary N) is 2. The number of carbonyl (C=O) groups is 1. The zero-order chi connectivity index (χ0) is 31.0. The highest BCUT2D eigenvalue weighted by Gasteiger charge is 2.62. The molecule has 2 atom stereocenters. The van der Waals surface area contributed by atoms with Crippen LogP contribution in [-0.2, 0) is 16.6 Å². The molecule has 0 bridgehead atoms. The number of benzene rings is 3. The van der Waals surface area contributed by atoms with Crippen molar-refractivity contribution in [1.29, 1.82) is 0 Å². The lowest BCUT2D eigenvalue weighted by molar-refractivity contribution is -0.225. The number of amides is 1. The third-order valence-electron chi connectivity index (χ3n) is 8.92. The molecule has 1 unspecified atom stereocenters. The lowest BCUT2D eigenvalue weighted by Crippen LogP contribution is -2.39. The van der Waals surface area contributed by atoms with Gasteiger partial charge in [-0.2, -0.15) is 17.6 Å². The molecule has 1 aromatic heterocycles. The van der Waals surface area contributed by atoms with Crippen LogP contribution in [0.1, 0.15) is 81.1 Å². The predicted molar refractivity (Wildman–Crippen MR) is 160 cm³/mol. The summed E-state index contributed by atoms with van der Waals surface area (Å²) in [5, 5.41) is 3.26. The molecular formula is C34H34F4N4O2. The second kappa shape index (κ2) is 10.1. The Hall–Kier alpha value is -3.92. The van der Waals surface area contributed by atoms with Crippen molar-refractivity contribution in [2.75, 3.05) is 13.1 Å². The number of hydrogen-bond acceptors (Lipinski definition) is 4. The molecule has 3 aliphatic rings. The highest BCUT2D eigenvalue weighted by atomic mass is 19.3. The zero-order valence-corrected chi connectivity index (χ0v) is 24.8. The average molecular weight is 607 g/mol. The summed E-state index contributed by atoms with van der Waals surface area (Å²) in [6.07, 6.45) is 2.82. The monoisotopic (exact) mass is 606 g/mol. The maximum Gasteiger partial charge on any atom is 0.410 e. The Morgan fingerprint density at radius 2 is 1.59 bits per heavy atom. The number of likely N-dealkylation sites (tertiary alicyclic amines) is 1. The Morgan fingerprint density at radius 1 is 0.909 bits per heavy atom. The van der Waals surface area contributed by atoms with Crippen molar-refractivity contribution in [3.8, 4) is 22.3 Å². The van der Waals surface area contributed by atoms with Crippen LogP contribution in [0.15, 0.2) is 54.6 Å². The smallest absolute Gasteiger partial charge is 0.410 e. The number of rotatable bonds is 3. The standard InChI is InChI=1S/C34H34F4N4O2/c1-32(2,3)44-31(43)42-15-5-7-29(42)30-40-27-13-10-20(18-28(27)41-30)19-8-11-22-23-12-9-21(26-6-4-14-39-26)17-25(23)34(37,38)33(35,36)24(22)16-19/h8-13,16-18,26,29,39H,4-7,14-15H2,1-3H3,(H,40,41)/t26?,29-/m0/s1. The van der Waals surface area contributed by atoms with Crippen LogP contribution in [0.25, 0.3) is 33.3 Å².